The van der Waals surface area contributed by atoms with Crippen LogP contribution in [-0.4, -0.2) is 5.91 Å². The topological polar surface area (TPSA) is 59.3 Å². The number of rotatable bonds is 3. The smallest absolute Gasteiger partial charge is 0.344 e. The molecule has 0 aliphatic rings. The number of fused-ring (bicyclic) bond motifs is 1. The van der Waals surface area contributed by atoms with Crippen LogP contribution in [0.3, 0.4) is 0 Å². The molecule has 0 bridgehead atoms. The van der Waals surface area contributed by atoms with E-state index in [0.29, 0.717) is 22.4 Å². The van der Waals surface area contributed by atoms with Crippen LogP contribution in [0.15, 0.2) is 80.4 Å². The Hall–Kier alpha value is -2.45. The molecule has 4 nitrogen and oxygen atoms in total. The predicted molar refractivity (Wildman–Crippen MR) is 127 cm³/mol. The van der Waals surface area contributed by atoms with Crippen molar-refractivity contribution in [2.75, 3.05) is 5.32 Å². The molecule has 4 rings (SSSR count). The van der Waals surface area contributed by atoms with Crippen molar-refractivity contribution in [2.45, 2.75) is 6.92 Å². The summed E-state index contributed by atoms with van der Waals surface area (Å²) in [5.41, 5.74) is 3.59. The lowest BCUT2D eigenvalue weighted by Crippen LogP contribution is -2.13. The molecule has 0 aliphatic carbocycles. The van der Waals surface area contributed by atoms with Gasteiger partial charge in [0.15, 0.2) is 0 Å². The molecule has 3 aromatic carbocycles. The molecular formula is C23H15BrINO3. The Balaban J connectivity index is 1.67. The Bertz CT molecular complexity index is 1310. The van der Waals surface area contributed by atoms with Gasteiger partial charge in [-0.3, -0.25) is 4.79 Å². The van der Waals surface area contributed by atoms with E-state index < -0.39 is 0 Å². The van der Waals surface area contributed by atoms with Gasteiger partial charge in [0.2, 0.25) is 0 Å². The Labute approximate surface area is 189 Å². The summed E-state index contributed by atoms with van der Waals surface area (Å²) >= 11 is 5.54. The second kappa shape index (κ2) is 8.12. The van der Waals surface area contributed by atoms with E-state index in [4.69, 9.17) is 4.42 Å². The van der Waals surface area contributed by atoms with E-state index in [1.165, 1.54) is 0 Å². The molecule has 0 saturated carbocycles. The average molecular weight is 560 g/mol. The molecule has 1 amide bonds. The summed E-state index contributed by atoms with van der Waals surface area (Å²) < 4.78 is 7.16. The van der Waals surface area contributed by atoms with Crippen LogP contribution in [0.5, 0.6) is 0 Å². The van der Waals surface area contributed by atoms with Crippen LogP contribution in [0.25, 0.3) is 22.1 Å². The molecule has 1 aromatic heterocycles. The number of para-hydroxylation sites is 1. The number of amides is 1. The number of benzene rings is 3. The molecule has 0 saturated heterocycles. The zero-order chi connectivity index (χ0) is 20.5. The highest BCUT2D eigenvalue weighted by Gasteiger charge is 2.14. The largest absolute Gasteiger partial charge is 0.422 e. The first-order chi connectivity index (χ1) is 13.9. The molecule has 0 spiro atoms. The highest BCUT2D eigenvalue weighted by atomic mass is 127. The number of hydrogen-bond acceptors (Lipinski definition) is 3. The summed E-state index contributed by atoms with van der Waals surface area (Å²) in [7, 11) is 0. The maximum Gasteiger partial charge on any atom is 0.344 e. The Morgan fingerprint density at radius 1 is 1.00 bits per heavy atom. The second-order valence-electron chi connectivity index (χ2n) is 6.59. The fraction of sp³-hybridized carbons (Fsp3) is 0.0435. The van der Waals surface area contributed by atoms with Crippen molar-refractivity contribution in [1.82, 2.24) is 0 Å². The van der Waals surface area contributed by atoms with Gasteiger partial charge >= 0.3 is 5.63 Å². The van der Waals surface area contributed by atoms with Gasteiger partial charge in [0.05, 0.1) is 11.1 Å². The third kappa shape index (κ3) is 4.13. The maximum absolute atomic E-state index is 12.7. The van der Waals surface area contributed by atoms with Gasteiger partial charge in [0.25, 0.3) is 5.91 Å². The maximum atomic E-state index is 12.7. The number of carbonyl (C=O) groups is 1. The lowest BCUT2D eigenvalue weighted by atomic mass is 10.0. The van der Waals surface area contributed by atoms with Gasteiger partial charge in [-0.15, -0.1) is 0 Å². The van der Waals surface area contributed by atoms with E-state index in [0.717, 1.165) is 24.6 Å². The quantitative estimate of drug-likeness (QED) is 0.234. The Kier molecular flexibility index (Phi) is 5.56. The van der Waals surface area contributed by atoms with Gasteiger partial charge in [0, 0.05) is 19.1 Å². The molecule has 0 radical (unpaired) electrons. The van der Waals surface area contributed by atoms with Crippen molar-refractivity contribution >= 4 is 61.1 Å². The Morgan fingerprint density at radius 2 is 1.79 bits per heavy atom. The second-order valence-corrected chi connectivity index (χ2v) is 8.67. The first-order valence-electron chi connectivity index (χ1n) is 8.83. The van der Waals surface area contributed by atoms with Crippen LogP contribution < -0.4 is 10.9 Å². The highest BCUT2D eigenvalue weighted by molar-refractivity contribution is 14.1. The minimum Gasteiger partial charge on any atom is -0.422 e. The molecule has 29 heavy (non-hydrogen) atoms. The number of aryl methyl sites for hydroxylation is 1. The standard InChI is InChI=1S/C23H15BrINO3/c1-13-10-16(26-22(27)19-12-15(24)6-9-20(19)25)7-8-17(13)18-11-14-4-2-3-5-21(14)29-23(18)28/h2-12H,1H3,(H,26,27). The van der Waals surface area contributed by atoms with Crippen LogP contribution in [-0.2, 0) is 0 Å². The van der Waals surface area contributed by atoms with Crippen LogP contribution in [0, 0.1) is 10.5 Å². The van der Waals surface area contributed by atoms with Gasteiger partial charge in [-0.25, -0.2) is 4.79 Å². The minimum atomic E-state index is -0.382. The summed E-state index contributed by atoms with van der Waals surface area (Å²) in [5.74, 6) is -0.187. The highest BCUT2D eigenvalue weighted by Crippen LogP contribution is 2.27. The van der Waals surface area contributed by atoms with Crippen LogP contribution >= 0.6 is 38.5 Å². The van der Waals surface area contributed by atoms with Crippen LogP contribution in [0.2, 0.25) is 0 Å². The molecule has 1 N–H and O–H groups in total. The average Bonchev–Trinajstić information content (AvgIpc) is 2.69. The van der Waals surface area contributed by atoms with Crippen molar-refractivity contribution < 1.29 is 9.21 Å². The van der Waals surface area contributed by atoms with E-state index >= 15 is 0 Å². The molecule has 0 fully saturated rings. The summed E-state index contributed by atoms with van der Waals surface area (Å²) in [5, 5.41) is 3.79. The molecule has 4 aromatic rings. The van der Waals surface area contributed by atoms with E-state index in [1.54, 1.807) is 18.2 Å². The van der Waals surface area contributed by atoms with E-state index in [1.807, 2.05) is 55.5 Å². The molecule has 0 aliphatic heterocycles. The van der Waals surface area contributed by atoms with E-state index in [2.05, 4.69) is 43.8 Å². The van der Waals surface area contributed by atoms with Crippen LogP contribution in [0.4, 0.5) is 5.69 Å². The number of hydrogen-bond donors (Lipinski definition) is 1. The summed E-state index contributed by atoms with van der Waals surface area (Å²) in [6.07, 6.45) is 0. The zero-order valence-corrected chi connectivity index (χ0v) is 19.1. The predicted octanol–water partition coefficient (Wildman–Crippen LogP) is 6.39. The summed E-state index contributed by atoms with van der Waals surface area (Å²) in [4.78, 5) is 25.1. The minimum absolute atomic E-state index is 0.187. The van der Waals surface area contributed by atoms with Crippen molar-refractivity contribution in [3.63, 3.8) is 0 Å². The van der Waals surface area contributed by atoms with Crippen molar-refractivity contribution in [3.8, 4) is 11.1 Å². The first-order valence-corrected chi connectivity index (χ1v) is 10.7. The molecule has 0 unspecified atom stereocenters. The van der Waals surface area contributed by atoms with Gasteiger partial charge < -0.3 is 9.73 Å². The van der Waals surface area contributed by atoms with Gasteiger partial charge in [-0.2, -0.15) is 0 Å². The van der Waals surface area contributed by atoms with Crippen molar-refractivity contribution in [1.29, 1.82) is 0 Å². The third-order valence-electron chi connectivity index (χ3n) is 4.59. The molecular weight excluding hydrogens is 545 g/mol. The molecule has 6 heteroatoms. The first kappa shape index (κ1) is 19.8. The monoisotopic (exact) mass is 559 g/mol. The summed E-state index contributed by atoms with van der Waals surface area (Å²) in [6, 6.07) is 20.3. The number of nitrogens with one attached hydrogen (secondary N) is 1. The normalized spacial score (nSPS) is 10.9. The van der Waals surface area contributed by atoms with Crippen molar-refractivity contribution in [3.05, 3.63) is 96.3 Å². The number of halogens is 2. The van der Waals surface area contributed by atoms with E-state index in [9.17, 15) is 9.59 Å². The van der Waals surface area contributed by atoms with Gasteiger partial charge in [-0.05, 0) is 83.1 Å². The molecule has 1 heterocycles. The zero-order valence-electron chi connectivity index (χ0n) is 15.3. The van der Waals surface area contributed by atoms with Crippen molar-refractivity contribution in [2.24, 2.45) is 0 Å². The SMILES string of the molecule is Cc1cc(NC(=O)c2cc(Br)ccc2I)ccc1-c1cc2ccccc2oc1=O. The number of anilines is 1. The number of carbonyl (C=O) groups excluding carboxylic acids is 1. The van der Waals surface area contributed by atoms with Gasteiger partial charge in [-0.1, -0.05) is 40.2 Å². The molecule has 144 valence electrons. The molecule has 0 atom stereocenters. The summed E-state index contributed by atoms with van der Waals surface area (Å²) in [6.45, 7) is 1.91. The fourth-order valence-corrected chi connectivity index (χ4v) is 4.10. The third-order valence-corrected chi connectivity index (χ3v) is 6.02. The lowest BCUT2D eigenvalue weighted by Gasteiger charge is -2.11. The van der Waals surface area contributed by atoms with E-state index in [-0.39, 0.29) is 11.5 Å². The lowest BCUT2D eigenvalue weighted by molar-refractivity contribution is 0.102. The Morgan fingerprint density at radius 3 is 2.59 bits per heavy atom. The van der Waals surface area contributed by atoms with Gasteiger partial charge in [0.1, 0.15) is 5.58 Å². The van der Waals surface area contributed by atoms with Crippen LogP contribution in [0.1, 0.15) is 15.9 Å². The fourth-order valence-electron chi connectivity index (χ4n) is 3.16.